The summed E-state index contributed by atoms with van der Waals surface area (Å²) in [4.78, 5) is 9.39. The molecular weight excluding hydrogens is 1040 g/mol. The molecule has 10 aromatic rings. The normalized spacial score (nSPS) is 14.6. The van der Waals surface area contributed by atoms with Crippen molar-refractivity contribution in [1.29, 1.82) is 0 Å². The van der Waals surface area contributed by atoms with Gasteiger partial charge in [0.25, 0.3) is 0 Å². The average Bonchev–Trinajstić information content (AvgIpc) is 3.72. The summed E-state index contributed by atoms with van der Waals surface area (Å²) in [6.07, 6.45) is 15.0. The predicted octanol–water partition coefficient (Wildman–Crippen LogP) is 21.7. The average molecular weight is 1110 g/mol. The molecule has 0 saturated heterocycles. The molecule has 2 atom stereocenters. The summed E-state index contributed by atoms with van der Waals surface area (Å²) in [5.74, 6) is 2.12. The van der Waals surface area contributed by atoms with E-state index in [1.165, 1.54) is 46.2 Å². The van der Waals surface area contributed by atoms with Gasteiger partial charge in [0.05, 0.1) is 12.5 Å². The van der Waals surface area contributed by atoms with Gasteiger partial charge in [-0.1, -0.05) is 166 Å². The predicted molar refractivity (Wildman–Crippen MR) is 356 cm³/mol. The second-order valence-corrected chi connectivity index (χ2v) is 21.6. The van der Waals surface area contributed by atoms with Gasteiger partial charge >= 0.3 is 0 Å². The van der Waals surface area contributed by atoms with Gasteiger partial charge in [0.15, 0.2) is 0 Å². The molecule has 6 heteroatoms. The van der Waals surface area contributed by atoms with E-state index in [1.807, 2.05) is 30.3 Å². The molecule has 0 fully saturated rings. The van der Waals surface area contributed by atoms with E-state index in [0.717, 1.165) is 98.8 Å². The van der Waals surface area contributed by atoms with Crippen LogP contribution in [0.4, 0.5) is 56.9 Å². The Morgan fingerprint density at radius 2 is 0.694 bits per heavy atom. The smallest absolute Gasteiger partial charge is 0.126 e. The van der Waals surface area contributed by atoms with Gasteiger partial charge < -0.3 is 29.1 Å². The van der Waals surface area contributed by atoms with E-state index in [4.69, 9.17) is 9.47 Å². The van der Waals surface area contributed by atoms with Crippen LogP contribution >= 0.6 is 0 Å². The summed E-state index contributed by atoms with van der Waals surface area (Å²) in [5.41, 5.74) is 21.1. The molecule has 0 aliphatic heterocycles. The largest absolute Gasteiger partial charge is 0.466 e. The topological polar surface area (TPSA) is 31.4 Å². The molecule has 416 valence electrons. The monoisotopic (exact) mass is 1100 g/mol. The van der Waals surface area contributed by atoms with Crippen molar-refractivity contribution in [2.45, 2.75) is 33.1 Å². The Morgan fingerprint density at radius 3 is 1.11 bits per heavy atom. The van der Waals surface area contributed by atoms with Crippen LogP contribution < -0.4 is 29.1 Å². The maximum atomic E-state index is 5.53. The van der Waals surface area contributed by atoms with Crippen molar-refractivity contribution in [2.75, 3.05) is 19.6 Å². The van der Waals surface area contributed by atoms with Crippen LogP contribution in [0.3, 0.4) is 0 Å². The van der Waals surface area contributed by atoms with E-state index < -0.39 is 0 Å². The first-order valence-corrected chi connectivity index (χ1v) is 29.2. The number of hydrogen-bond donors (Lipinski definition) is 0. The molecule has 0 radical (unpaired) electrons. The Kier molecular flexibility index (Phi) is 16.6. The molecule has 2 aliphatic rings. The van der Waals surface area contributed by atoms with Gasteiger partial charge in [-0.05, 0) is 211 Å². The number of anilines is 10. The molecule has 0 amide bonds. The van der Waals surface area contributed by atoms with E-state index in [2.05, 4.69) is 307 Å². The third-order valence-electron chi connectivity index (χ3n) is 16.0. The highest BCUT2D eigenvalue weighted by atomic mass is 16.5. The van der Waals surface area contributed by atoms with Crippen molar-refractivity contribution in [2.24, 2.45) is 11.8 Å². The number of para-hydroxylation sites is 4. The van der Waals surface area contributed by atoms with E-state index in [0.29, 0.717) is 5.92 Å². The van der Waals surface area contributed by atoms with Crippen LogP contribution in [0.2, 0.25) is 0 Å². The first-order valence-electron chi connectivity index (χ1n) is 29.2. The van der Waals surface area contributed by atoms with Crippen LogP contribution in [0.15, 0.2) is 334 Å². The minimum Gasteiger partial charge on any atom is -0.466 e. The minimum absolute atomic E-state index is 0.267. The van der Waals surface area contributed by atoms with Crippen LogP contribution in [0.25, 0.3) is 16.7 Å². The zero-order valence-electron chi connectivity index (χ0n) is 48.2. The highest BCUT2D eigenvalue weighted by Crippen LogP contribution is 2.43. The summed E-state index contributed by atoms with van der Waals surface area (Å²) in [6.45, 7) is 12.1. The molecule has 2 aliphatic carbocycles. The molecule has 0 saturated carbocycles. The molecule has 85 heavy (non-hydrogen) atoms. The van der Waals surface area contributed by atoms with E-state index in [1.54, 1.807) is 0 Å². The Labute approximate surface area is 501 Å². The van der Waals surface area contributed by atoms with E-state index >= 15 is 0 Å². The highest BCUT2D eigenvalue weighted by molar-refractivity contribution is 5.82. The van der Waals surface area contributed by atoms with Crippen molar-refractivity contribution >= 4 is 62.4 Å². The molecular formula is C79H68N4O2. The van der Waals surface area contributed by atoms with Gasteiger partial charge in [-0.15, -0.1) is 0 Å². The van der Waals surface area contributed by atoms with Crippen LogP contribution in [0.1, 0.15) is 37.8 Å². The first-order chi connectivity index (χ1) is 41.9. The summed E-state index contributed by atoms with van der Waals surface area (Å²) in [7, 11) is 0. The summed E-state index contributed by atoms with van der Waals surface area (Å²) >= 11 is 0. The number of ether oxygens (including phenoxy) is 2. The number of nitrogens with zero attached hydrogens (tertiary/aromatic N) is 4. The number of rotatable bonds is 20. The van der Waals surface area contributed by atoms with Crippen LogP contribution in [-0.2, 0) is 6.42 Å². The molecule has 2 unspecified atom stereocenters. The second kappa shape index (κ2) is 25.7. The Morgan fingerprint density at radius 1 is 0.341 bits per heavy atom. The van der Waals surface area contributed by atoms with E-state index in [-0.39, 0.29) is 5.92 Å². The van der Waals surface area contributed by atoms with Crippen LogP contribution in [-0.4, -0.2) is 0 Å². The van der Waals surface area contributed by atoms with Crippen molar-refractivity contribution < 1.29 is 9.47 Å². The van der Waals surface area contributed by atoms with Gasteiger partial charge in [0.2, 0.25) is 0 Å². The third kappa shape index (κ3) is 12.5. The lowest BCUT2D eigenvalue weighted by atomic mass is 9.86. The van der Waals surface area contributed by atoms with Gasteiger partial charge in [0.1, 0.15) is 11.5 Å². The van der Waals surface area contributed by atoms with Gasteiger partial charge in [-0.3, -0.25) is 0 Å². The number of hydrogen-bond acceptors (Lipinski definition) is 6. The van der Waals surface area contributed by atoms with Crippen LogP contribution in [0, 0.1) is 11.8 Å². The van der Waals surface area contributed by atoms with Gasteiger partial charge in [-0.2, -0.15) is 0 Å². The summed E-state index contributed by atoms with van der Waals surface area (Å²) in [5, 5.41) is 0. The quantitative estimate of drug-likeness (QED) is 0.0707. The lowest BCUT2D eigenvalue weighted by Gasteiger charge is -2.34. The maximum absolute atomic E-state index is 5.53. The standard InChI is InChI=1S/C79H68N4O2/c1-5-84-77-50-46-73(47-51-77)80(66-19-11-7-12-20-66)70-39-29-61(30-40-70)62-31-41-72(42-32-62)82(68-23-15-9-16-24-68)76-45-35-64(58(3)56-76)57-60-27-37-75(38-28-60)83(69-25-17-10-18-26-69)79-54-36-65(55-59(79)4)63-33-43-71(44-34-63)81(67-21-13-8-14-22-67)74-48-52-78(53-49-74)85-6-2/h5-54,58-59H,1-2,55-57H2,3-4H3. The lowest BCUT2D eigenvalue weighted by molar-refractivity contribution is 0.483. The molecule has 0 heterocycles. The van der Waals surface area contributed by atoms with Crippen molar-refractivity contribution in [3.63, 3.8) is 0 Å². The van der Waals surface area contributed by atoms with Gasteiger partial charge in [-0.25, -0.2) is 0 Å². The van der Waals surface area contributed by atoms with Crippen LogP contribution in [0.5, 0.6) is 11.5 Å². The van der Waals surface area contributed by atoms with Crippen molar-refractivity contribution in [3.8, 4) is 22.6 Å². The third-order valence-corrected chi connectivity index (χ3v) is 16.0. The first kappa shape index (κ1) is 55.0. The van der Waals surface area contributed by atoms with Crippen molar-refractivity contribution in [3.05, 3.63) is 345 Å². The van der Waals surface area contributed by atoms with Crippen molar-refractivity contribution in [1.82, 2.24) is 0 Å². The zero-order chi connectivity index (χ0) is 57.9. The molecule has 0 N–H and O–H groups in total. The maximum Gasteiger partial charge on any atom is 0.126 e. The Balaban J connectivity index is 0.756. The molecule has 0 bridgehead atoms. The number of allylic oxidation sites excluding steroid dienone is 8. The summed E-state index contributed by atoms with van der Waals surface area (Å²) in [6, 6.07) is 94.7. The second-order valence-electron chi connectivity index (χ2n) is 21.6. The molecule has 12 rings (SSSR count). The molecule has 0 spiro atoms. The fourth-order valence-corrected chi connectivity index (χ4v) is 11.7. The fourth-order valence-electron chi connectivity index (χ4n) is 11.7. The fraction of sp³-hybridized carbons (Fsp3) is 0.0886. The Bertz CT molecular complexity index is 3990. The Hall–Kier alpha value is -10.6. The SMILES string of the molecule is C=COc1ccc(N(c2ccccc2)c2ccc(C3=CC=C(N(c4ccccc4)c4ccc(CC5=CC=C(N(c6ccccc6)c6ccc(-c7ccc(N(c8ccccc8)c8ccc(OC=C)cc8)cc7)cc6)CC5C)cc4)C(C)C3)cc2)cc1. The van der Waals surface area contributed by atoms with E-state index in [9.17, 15) is 0 Å². The zero-order valence-corrected chi connectivity index (χ0v) is 48.2. The number of benzene rings is 10. The molecule has 0 aromatic heterocycles. The molecule has 6 nitrogen and oxygen atoms in total. The highest BCUT2D eigenvalue weighted by Gasteiger charge is 2.26. The molecule has 10 aromatic carbocycles. The van der Waals surface area contributed by atoms with Gasteiger partial charge in [0, 0.05) is 74.2 Å². The lowest BCUT2D eigenvalue weighted by Crippen LogP contribution is -2.23. The summed E-state index contributed by atoms with van der Waals surface area (Å²) < 4.78 is 11.1. The minimum atomic E-state index is 0.267.